The Labute approximate surface area is 92.6 Å². The number of likely N-dealkylation sites (tertiary alicyclic amines) is 1. The summed E-state index contributed by atoms with van der Waals surface area (Å²) >= 11 is 0. The minimum atomic E-state index is -0.903. The van der Waals surface area contributed by atoms with Crippen molar-refractivity contribution in [1.82, 2.24) is 4.90 Å². The zero-order valence-electron chi connectivity index (χ0n) is 8.76. The maximum Gasteiger partial charge on any atom is 0.195 e. The minimum Gasteiger partial charge on any atom is -0.343 e. The molecule has 1 aliphatic rings. The summed E-state index contributed by atoms with van der Waals surface area (Å²) < 4.78 is 25.6. The van der Waals surface area contributed by atoms with E-state index in [-0.39, 0.29) is 5.96 Å². The summed E-state index contributed by atoms with van der Waals surface area (Å²) in [6.45, 7) is 1.69. The van der Waals surface area contributed by atoms with Crippen LogP contribution in [-0.2, 0) is 0 Å². The summed E-state index contributed by atoms with van der Waals surface area (Å²) in [6, 6.07) is 3.53. The highest BCUT2D eigenvalue weighted by molar-refractivity contribution is 5.91. The molecule has 86 valence electrons. The SMILES string of the molecule is N=C(Nc1ccc(F)c(F)c1)N1CCCC1. The van der Waals surface area contributed by atoms with Crippen LogP contribution in [0.5, 0.6) is 0 Å². The van der Waals surface area contributed by atoms with Crippen molar-refractivity contribution in [3.8, 4) is 0 Å². The quantitative estimate of drug-likeness (QED) is 0.569. The topological polar surface area (TPSA) is 39.1 Å². The van der Waals surface area contributed by atoms with Crippen LogP contribution in [-0.4, -0.2) is 23.9 Å². The van der Waals surface area contributed by atoms with Gasteiger partial charge in [0.1, 0.15) is 0 Å². The molecule has 1 heterocycles. The number of nitrogens with one attached hydrogen (secondary N) is 2. The average Bonchev–Trinajstić information content (AvgIpc) is 2.77. The summed E-state index contributed by atoms with van der Waals surface area (Å²) in [5, 5.41) is 10.5. The van der Waals surface area contributed by atoms with Gasteiger partial charge < -0.3 is 10.2 Å². The lowest BCUT2D eigenvalue weighted by Gasteiger charge is -2.19. The number of hydrogen-bond acceptors (Lipinski definition) is 1. The van der Waals surface area contributed by atoms with Gasteiger partial charge in [0.2, 0.25) is 0 Å². The Morgan fingerprint density at radius 2 is 1.88 bits per heavy atom. The molecule has 0 bridgehead atoms. The molecule has 0 radical (unpaired) electrons. The third-order valence-electron chi connectivity index (χ3n) is 2.60. The molecular weight excluding hydrogens is 212 g/mol. The van der Waals surface area contributed by atoms with Crippen LogP contribution in [0.1, 0.15) is 12.8 Å². The molecule has 1 aromatic carbocycles. The molecule has 2 N–H and O–H groups in total. The van der Waals surface area contributed by atoms with E-state index in [0.717, 1.165) is 38.1 Å². The predicted molar refractivity (Wildman–Crippen MR) is 58.5 cm³/mol. The second kappa shape index (κ2) is 4.47. The van der Waals surface area contributed by atoms with E-state index in [9.17, 15) is 8.78 Å². The van der Waals surface area contributed by atoms with Crippen LogP contribution in [0.3, 0.4) is 0 Å². The van der Waals surface area contributed by atoms with Crippen molar-refractivity contribution in [2.75, 3.05) is 18.4 Å². The Kier molecular flexibility index (Phi) is 3.03. The van der Waals surface area contributed by atoms with E-state index < -0.39 is 11.6 Å². The molecule has 16 heavy (non-hydrogen) atoms. The number of hydrogen-bond donors (Lipinski definition) is 2. The van der Waals surface area contributed by atoms with Gasteiger partial charge >= 0.3 is 0 Å². The molecule has 5 heteroatoms. The summed E-state index contributed by atoms with van der Waals surface area (Å²) in [6.07, 6.45) is 2.14. The molecule has 0 spiro atoms. The van der Waals surface area contributed by atoms with Crippen molar-refractivity contribution in [3.05, 3.63) is 29.8 Å². The van der Waals surface area contributed by atoms with Crippen molar-refractivity contribution in [2.24, 2.45) is 0 Å². The van der Waals surface area contributed by atoms with Crippen molar-refractivity contribution in [3.63, 3.8) is 0 Å². The van der Waals surface area contributed by atoms with Gasteiger partial charge in [-0.25, -0.2) is 8.78 Å². The van der Waals surface area contributed by atoms with E-state index in [4.69, 9.17) is 5.41 Å². The molecule has 0 atom stereocenters. The summed E-state index contributed by atoms with van der Waals surface area (Å²) in [7, 11) is 0. The van der Waals surface area contributed by atoms with Crippen molar-refractivity contribution in [2.45, 2.75) is 12.8 Å². The zero-order valence-corrected chi connectivity index (χ0v) is 8.76. The second-order valence-corrected chi connectivity index (χ2v) is 3.80. The number of nitrogens with zero attached hydrogens (tertiary/aromatic N) is 1. The first kappa shape index (κ1) is 10.9. The van der Waals surface area contributed by atoms with Gasteiger partial charge in [-0.2, -0.15) is 0 Å². The summed E-state index contributed by atoms with van der Waals surface area (Å²) in [5.74, 6) is -1.54. The van der Waals surface area contributed by atoms with Crippen molar-refractivity contribution in [1.29, 1.82) is 5.41 Å². The van der Waals surface area contributed by atoms with Crippen molar-refractivity contribution >= 4 is 11.6 Å². The van der Waals surface area contributed by atoms with Gasteiger partial charge in [0, 0.05) is 24.8 Å². The molecule has 1 aliphatic heterocycles. The maximum atomic E-state index is 12.9. The molecule has 3 nitrogen and oxygen atoms in total. The van der Waals surface area contributed by atoms with E-state index in [1.54, 1.807) is 0 Å². The first-order valence-corrected chi connectivity index (χ1v) is 5.22. The first-order chi connectivity index (χ1) is 7.66. The van der Waals surface area contributed by atoms with Crippen LogP contribution in [0, 0.1) is 17.0 Å². The molecule has 0 unspecified atom stereocenters. The fourth-order valence-electron chi connectivity index (χ4n) is 1.73. The smallest absolute Gasteiger partial charge is 0.195 e. The monoisotopic (exact) mass is 225 g/mol. The zero-order chi connectivity index (χ0) is 11.5. The lowest BCUT2D eigenvalue weighted by Crippen LogP contribution is -2.32. The second-order valence-electron chi connectivity index (χ2n) is 3.80. The van der Waals surface area contributed by atoms with Gasteiger partial charge in [-0.3, -0.25) is 5.41 Å². The standard InChI is InChI=1S/C11H13F2N3/c12-9-4-3-8(7-10(9)13)15-11(14)16-5-1-2-6-16/h3-4,7H,1-2,5-6H2,(H2,14,15). The number of halogens is 2. The van der Waals surface area contributed by atoms with E-state index in [1.807, 2.05) is 4.90 Å². The van der Waals surface area contributed by atoms with Crippen molar-refractivity contribution < 1.29 is 8.78 Å². The number of guanidine groups is 1. The molecule has 0 amide bonds. The first-order valence-electron chi connectivity index (χ1n) is 5.22. The predicted octanol–water partition coefficient (Wildman–Crippen LogP) is 2.41. The Balaban J connectivity index is 2.02. The van der Waals surface area contributed by atoms with E-state index in [0.29, 0.717) is 5.69 Å². The average molecular weight is 225 g/mol. The van der Waals surface area contributed by atoms with Crippen LogP contribution in [0.2, 0.25) is 0 Å². The van der Waals surface area contributed by atoms with Crippen LogP contribution >= 0.6 is 0 Å². The number of anilines is 1. The van der Waals surface area contributed by atoms with Crippen LogP contribution < -0.4 is 5.32 Å². The van der Waals surface area contributed by atoms with E-state index >= 15 is 0 Å². The largest absolute Gasteiger partial charge is 0.343 e. The van der Waals surface area contributed by atoms with Gasteiger partial charge in [-0.15, -0.1) is 0 Å². The molecule has 0 saturated carbocycles. The highest BCUT2D eigenvalue weighted by Gasteiger charge is 2.15. The highest BCUT2D eigenvalue weighted by atomic mass is 19.2. The van der Waals surface area contributed by atoms with Crippen LogP contribution in [0.4, 0.5) is 14.5 Å². The molecular formula is C11H13F2N3. The maximum absolute atomic E-state index is 12.9. The van der Waals surface area contributed by atoms with Crippen LogP contribution in [0.15, 0.2) is 18.2 Å². The van der Waals surface area contributed by atoms with Gasteiger partial charge in [0.25, 0.3) is 0 Å². The summed E-state index contributed by atoms with van der Waals surface area (Å²) in [5.41, 5.74) is 0.399. The van der Waals surface area contributed by atoms with Gasteiger partial charge in [0.05, 0.1) is 0 Å². The minimum absolute atomic E-state index is 0.239. The fourth-order valence-corrected chi connectivity index (χ4v) is 1.73. The highest BCUT2D eigenvalue weighted by Crippen LogP contribution is 2.14. The normalized spacial score (nSPS) is 15.2. The molecule has 0 aliphatic carbocycles. The molecule has 1 saturated heterocycles. The molecule has 0 aromatic heterocycles. The summed E-state index contributed by atoms with van der Waals surface area (Å²) in [4.78, 5) is 1.88. The number of rotatable bonds is 1. The van der Waals surface area contributed by atoms with Crippen LogP contribution in [0.25, 0.3) is 0 Å². The van der Waals surface area contributed by atoms with Gasteiger partial charge in [-0.1, -0.05) is 0 Å². The molecule has 1 fully saturated rings. The van der Waals surface area contributed by atoms with E-state index in [1.165, 1.54) is 6.07 Å². The third kappa shape index (κ3) is 2.29. The Hall–Kier alpha value is -1.65. The fraction of sp³-hybridized carbons (Fsp3) is 0.364. The Bertz CT molecular complexity index is 400. The Morgan fingerprint density at radius 1 is 1.19 bits per heavy atom. The van der Waals surface area contributed by atoms with Gasteiger partial charge in [-0.05, 0) is 25.0 Å². The van der Waals surface area contributed by atoms with E-state index in [2.05, 4.69) is 5.32 Å². The lowest BCUT2D eigenvalue weighted by molar-refractivity contribution is 0.507. The Morgan fingerprint density at radius 3 is 2.50 bits per heavy atom. The third-order valence-corrected chi connectivity index (χ3v) is 2.60. The van der Waals surface area contributed by atoms with Gasteiger partial charge in [0.15, 0.2) is 17.6 Å². The lowest BCUT2D eigenvalue weighted by atomic mass is 10.3. The number of benzene rings is 1. The molecule has 1 aromatic rings. The molecule has 2 rings (SSSR count).